The van der Waals surface area contributed by atoms with Gasteiger partial charge in [0.2, 0.25) is 0 Å². The minimum atomic E-state index is -0.0823. The molecule has 0 aliphatic heterocycles. The van der Waals surface area contributed by atoms with Crippen LogP contribution in [0.4, 0.5) is 0 Å². The maximum absolute atomic E-state index is 6.20. The molecule has 1 unspecified atom stereocenters. The van der Waals surface area contributed by atoms with Gasteiger partial charge in [0.25, 0.3) is 0 Å². The van der Waals surface area contributed by atoms with Crippen LogP contribution in [-0.2, 0) is 0 Å². The minimum Gasteiger partial charge on any atom is -0.321 e. The zero-order chi connectivity index (χ0) is 11.8. The number of hydrogen-bond acceptors (Lipinski definition) is 3. The van der Waals surface area contributed by atoms with Crippen molar-refractivity contribution in [1.82, 2.24) is 14.8 Å². The molecule has 0 fully saturated rings. The number of aryl methyl sites for hydroxylation is 1. The third-order valence-electron chi connectivity index (χ3n) is 2.62. The van der Waals surface area contributed by atoms with Gasteiger partial charge in [0, 0.05) is 6.04 Å². The maximum atomic E-state index is 6.20. The Kier molecular flexibility index (Phi) is 3.19. The van der Waals surface area contributed by atoms with Gasteiger partial charge in [-0.05, 0) is 26.2 Å². The van der Waals surface area contributed by atoms with E-state index >= 15 is 0 Å². The van der Waals surface area contributed by atoms with Gasteiger partial charge in [-0.3, -0.25) is 0 Å². The third kappa shape index (κ3) is 2.37. The van der Waals surface area contributed by atoms with Crippen LogP contribution >= 0.6 is 0 Å². The second kappa shape index (κ2) is 3.93. The zero-order valence-corrected chi connectivity index (χ0v) is 10.6. The molecular weight excluding hydrogens is 188 g/mol. The predicted octanol–water partition coefficient (Wildman–Crippen LogP) is 2.21. The summed E-state index contributed by atoms with van der Waals surface area (Å²) in [5.74, 6) is 1.81. The van der Waals surface area contributed by atoms with Gasteiger partial charge in [-0.2, -0.15) is 0 Å². The van der Waals surface area contributed by atoms with E-state index in [9.17, 15) is 0 Å². The van der Waals surface area contributed by atoms with Crippen molar-refractivity contribution in [2.24, 2.45) is 11.1 Å². The van der Waals surface area contributed by atoms with E-state index < -0.39 is 0 Å². The molecule has 2 N–H and O–H groups in total. The van der Waals surface area contributed by atoms with Gasteiger partial charge in [0.1, 0.15) is 5.82 Å². The SMILES string of the molecule is Cc1nnc(C(N)C(C)(C)C)n1C(C)C. The molecule has 1 rings (SSSR count). The second-order valence-electron chi connectivity index (χ2n) is 5.41. The average molecular weight is 210 g/mol. The van der Waals surface area contributed by atoms with Crippen LogP contribution in [0.2, 0.25) is 0 Å². The summed E-state index contributed by atoms with van der Waals surface area (Å²) in [6.07, 6.45) is 0. The lowest BCUT2D eigenvalue weighted by Crippen LogP contribution is -2.30. The number of hydrogen-bond donors (Lipinski definition) is 1. The van der Waals surface area contributed by atoms with Crippen LogP contribution < -0.4 is 5.73 Å². The van der Waals surface area contributed by atoms with Crippen molar-refractivity contribution in [1.29, 1.82) is 0 Å². The van der Waals surface area contributed by atoms with E-state index in [1.165, 1.54) is 0 Å². The van der Waals surface area contributed by atoms with Crippen LogP contribution in [0.1, 0.15) is 58.4 Å². The largest absolute Gasteiger partial charge is 0.321 e. The van der Waals surface area contributed by atoms with Crippen molar-refractivity contribution >= 4 is 0 Å². The molecule has 0 saturated heterocycles. The Labute approximate surface area is 91.9 Å². The van der Waals surface area contributed by atoms with Gasteiger partial charge < -0.3 is 10.3 Å². The molecular formula is C11H22N4. The highest BCUT2D eigenvalue weighted by atomic mass is 15.3. The standard InChI is InChI=1S/C11H22N4/c1-7(2)15-8(3)13-14-10(15)9(12)11(4,5)6/h7,9H,12H2,1-6H3. The fourth-order valence-corrected chi connectivity index (χ4v) is 1.62. The summed E-state index contributed by atoms with van der Waals surface area (Å²) >= 11 is 0. The van der Waals surface area contributed by atoms with E-state index in [4.69, 9.17) is 5.73 Å². The highest BCUT2D eigenvalue weighted by Gasteiger charge is 2.28. The van der Waals surface area contributed by atoms with Crippen molar-refractivity contribution in [3.8, 4) is 0 Å². The molecule has 1 aromatic heterocycles. The summed E-state index contributed by atoms with van der Waals surface area (Å²) in [4.78, 5) is 0. The van der Waals surface area contributed by atoms with Crippen molar-refractivity contribution < 1.29 is 0 Å². The monoisotopic (exact) mass is 210 g/mol. The molecule has 86 valence electrons. The normalized spacial score (nSPS) is 14.7. The fraction of sp³-hybridized carbons (Fsp3) is 0.818. The Morgan fingerprint density at radius 3 is 2.13 bits per heavy atom. The molecule has 0 bridgehead atoms. The van der Waals surface area contributed by atoms with Crippen LogP contribution in [-0.4, -0.2) is 14.8 Å². The summed E-state index contributed by atoms with van der Waals surface area (Å²) < 4.78 is 2.11. The van der Waals surface area contributed by atoms with Gasteiger partial charge in [-0.1, -0.05) is 20.8 Å². The Balaban J connectivity index is 3.15. The Morgan fingerprint density at radius 1 is 1.20 bits per heavy atom. The molecule has 1 atom stereocenters. The minimum absolute atomic E-state index is 0.00606. The average Bonchev–Trinajstić information content (AvgIpc) is 2.43. The first-order valence-corrected chi connectivity index (χ1v) is 5.42. The summed E-state index contributed by atoms with van der Waals surface area (Å²) in [7, 11) is 0. The van der Waals surface area contributed by atoms with Crippen LogP contribution in [0.25, 0.3) is 0 Å². The molecule has 0 spiro atoms. The molecule has 0 aliphatic carbocycles. The molecule has 15 heavy (non-hydrogen) atoms. The predicted molar refractivity (Wildman–Crippen MR) is 61.5 cm³/mol. The second-order valence-corrected chi connectivity index (χ2v) is 5.41. The van der Waals surface area contributed by atoms with Crippen LogP contribution in [0.3, 0.4) is 0 Å². The van der Waals surface area contributed by atoms with E-state index in [1.54, 1.807) is 0 Å². The first-order chi connectivity index (χ1) is 6.75. The quantitative estimate of drug-likeness (QED) is 0.814. The van der Waals surface area contributed by atoms with Crippen LogP contribution in [0.5, 0.6) is 0 Å². The molecule has 0 aromatic carbocycles. The topological polar surface area (TPSA) is 56.7 Å². The van der Waals surface area contributed by atoms with Crippen molar-refractivity contribution in [3.63, 3.8) is 0 Å². The first kappa shape index (κ1) is 12.2. The molecule has 1 heterocycles. The first-order valence-electron chi connectivity index (χ1n) is 5.42. The van der Waals surface area contributed by atoms with Gasteiger partial charge in [-0.25, -0.2) is 0 Å². The molecule has 0 radical (unpaired) electrons. The summed E-state index contributed by atoms with van der Waals surface area (Å²) in [6, 6.07) is 0.268. The lowest BCUT2D eigenvalue weighted by Gasteiger charge is -2.27. The van der Waals surface area contributed by atoms with Gasteiger partial charge in [-0.15, -0.1) is 10.2 Å². The molecule has 4 heteroatoms. The molecule has 1 aromatic rings. The third-order valence-corrected chi connectivity index (χ3v) is 2.62. The number of aromatic nitrogens is 3. The van der Waals surface area contributed by atoms with Crippen LogP contribution in [0, 0.1) is 12.3 Å². The molecule has 0 aliphatic rings. The van der Waals surface area contributed by atoms with E-state index in [0.29, 0.717) is 6.04 Å². The molecule has 0 amide bonds. The highest BCUT2D eigenvalue weighted by Crippen LogP contribution is 2.30. The Hall–Kier alpha value is -0.900. The summed E-state index contributed by atoms with van der Waals surface area (Å²) in [5, 5.41) is 8.30. The Bertz CT molecular complexity index is 333. The lowest BCUT2D eigenvalue weighted by molar-refractivity contribution is 0.303. The van der Waals surface area contributed by atoms with E-state index in [1.807, 2.05) is 6.92 Å². The fourth-order valence-electron chi connectivity index (χ4n) is 1.62. The smallest absolute Gasteiger partial charge is 0.150 e. The van der Waals surface area contributed by atoms with E-state index in [2.05, 4.69) is 49.4 Å². The van der Waals surface area contributed by atoms with Crippen LogP contribution in [0.15, 0.2) is 0 Å². The van der Waals surface area contributed by atoms with E-state index in [-0.39, 0.29) is 11.5 Å². The highest BCUT2D eigenvalue weighted by molar-refractivity contribution is 5.04. The van der Waals surface area contributed by atoms with Gasteiger partial charge in [0.15, 0.2) is 5.82 Å². The van der Waals surface area contributed by atoms with Crippen molar-refractivity contribution in [3.05, 3.63) is 11.6 Å². The number of nitrogens with two attached hydrogens (primary N) is 1. The molecule has 4 nitrogen and oxygen atoms in total. The summed E-state index contributed by atoms with van der Waals surface area (Å²) in [6.45, 7) is 12.6. The zero-order valence-electron chi connectivity index (χ0n) is 10.6. The van der Waals surface area contributed by atoms with Gasteiger partial charge in [0.05, 0.1) is 6.04 Å². The van der Waals surface area contributed by atoms with Gasteiger partial charge >= 0.3 is 0 Å². The number of rotatable bonds is 2. The molecule has 0 saturated carbocycles. The van der Waals surface area contributed by atoms with E-state index in [0.717, 1.165) is 11.6 Å². The van der Waals surface area contributed by atoms with Crippen molar-refractivity contribution in [2.75, 3.05) is 0 Å². The Morgan fingerprint density at radius 2 is 1.73 bits per heavy atom. The van der Waals surface area contributed by atoms with Crippen molar-refractivity contribution in [2.45, 2.75) is 53.6 Å². The number of nitrogens with zero attached hydrogens (tertiary/aromatic N) is 3. The summed E-state index contributed by atoms with van der Waals surface area (Å²) in [5.41, 5.74) is 6.21. The lowest BCUT2D eigenvalue weighted by atomic mass is 9.87. The maximum Gasteiger partial charge on any atom is 0.150 e.